The van der Waals surface area contributed by atoms with Crippen molar-refractivity contribution in [3.63, 3.8) is 0 Å². The summed E-state index contributed by atoms with van der Waals surface area (Å²) in [5, 5.41) is 6.35. The first kappa shape index (κ1) is 15.4. The van der Waals surface area contributed by atoms with Gasteiger partial charge in [0.05, 0.1) is 0 Å². The Kier molecular flexibility index (Phi) is 5.88. The topological polar surface area (TPSA) is 44.4 Å². The number of carbonyl (C=O) groups is 1. The summed E-state index contributed by atoms with van der Waals surface area (Å²) in [6, 6.07) is 8.37. The third kappa shape index (κ3) is 5.15. The van der Waals surface area contributed by atoms with Crippen molar-refractivity contribution in [2.75, 3.05) is 37.5 Å². The maximum absolute atomic E-state index is 12.0. The molecule has 0 bridgehead atoms. The van der Waals surface area contributed by atoms with Crippen LogP contribution in [0.1, 0.15) is 12.0 Å². The van der Waals surface area contributed by atoms with Crippen molar-refractivity contribution in [3.8, 4) is 0 Å². The molecule has 1 aromatic carbocycles. The second-order valence-corrected chi connectivity index (χ2v) is 6.56. The first-order valence-corrected chi connectivity index (χ1v) is 8.13. The molecule has 1 aliphatic heterocycles. The van der Waals surface area contributed by atoms with E-state index in [1.165, 1.54) is 5.56 Å². The Morgan fingerprint density at radius 3 is 2.75 bits per heavy atom. The van der Waals surface area contributed by atoms with E-state index >= 15 is 0 Å². The molecule has 0 spiro atoms. The summed E-state index contributed by atoms with van der Waals surface area (Å²) in [7, 11) is 4.09. The van der Waals surface area contributed by atoms with E-state index in [0.29, 0.717) is 12.5 Å². The number of nitrogens with zero attached hydrogens (tertiary/aromatic N) is 1. The normalized spacial score (nSPS) is 19.1. The average molecular weight is 293 g/mol. The molecule has 0 radical (unpaired) electrons. The van der Waals surface area contributed by atoms with Crippen LogP contribution in [0.4, 0.5) is 5.69 Å². The zero-order valence-electron chi connectivity index (χ0n) is 12.2. The maximum Gasteiger partial charge on any atom is 0.225 e. The van der Waals surface area contributed by atoms with Crippen molar-refractivity contribution in [3.05, 3.63) is 29.8 Å². The molecule has 1 amide bonds. The summed E-state index contributed by atoms with van der Waals surface area (Å²) in [5.74, 6) is 2.26. The fourth-order valence-corrected chi connectivity index (χ4v) is 3.19. The van der Waals surface area contributed by atoms with Crippen molar-refractivity contribution in [1.29, 1.82) is 0 Å². The number of benzene rings is 1. The lowest BCUT2D eigenvalue weighted by atomic mass is 10.2. The molecule has 2 rings (SSSR count). The van der Waals surface area contributed by atoms with E-state index in [1.54, 1.807) is 0 Å². The lowest BCUT2D eigenvalue weighted by Crippen LogP contribution is -2.39. The molecule has 20 heavy (non-hydrogen) atoms. The largest absolute Gasteiger partial charge is 0.326 e. The highest BCUT2D eigenvalue weighted by Gasteiger charge is 2.16. The van der Waals surface area contributed by atoms with Gasteiger partial charge in [0.1, 0.15) is 0 Å². The molecule has 1 atom stereocenters. The lowest BCUT2D eigenvalue weighted by Gasteiger charge is -2.22. The van der Waals surface area contributed by atoms with Crippen molar-refractivity contribution in [2.24, 2.45) is 0 Å². The zero-order valence-corrected chi connectivity index (χ0v) is 13.0. The Bertz CT molecular complexity index is 427. The minimum Gasteiger partial charge on any atom is -0.326 e. The molecule has 4 nitrogen and oxygen atoms in total. The fraction of sp³-hybridized carbons (Fsp3) is 0.533. The van der Waals surface area contributed by atoms with Gasteiger partial charge in [-0.3, -0.25) is 4.79 Å². The Morgan fingerprint density at radius 2 is 2.15 bits per heavy atom. The van der Waals surface area contributed by atoms with Gasteiger partial charge in [-0.05, 0) is 31.8 Å². The molecule has 0 aliphatic carbocycles. The summed E-state index contributed by atoms with van der Waals surface area (Å²) >= 11 is 1.91. The van der Waals surface area contributed by atoms with Gasteiger partial charge >= 0.3 is 0 Å². The van der Waals surface area contributed by atoms with Crippen LogP contribution in [0.3, 0.4) is 0 Å². The third-order valence-electron chi connectivity index (χ3n) is 3.17. The standard InChI is InChI=1S/C15H23N3OS/c1-18(2)10-12-3-5-13(6-4-12)17-15(19)9-14-11-20-8-7-16-14/h3-6,14,16H,7-11H2,1-2H3,(H,17,19). The predicted octanol–water partition coefficient (Wildman–Crippen LogP) is 1.78. The summed E-state index contributed by atoms with van der Waals surface area (Å²) in [5.41, 5.74) is 2.12. The molecule has 0 saturated carbocycles. The van der Waals surface area contributed by atoms with Gasteiger partial charge in [0.15, 0.2) is 0 Å². The molecule has 1 saturated heterocycles. The van der Waals surface area contributed by atoms with Gasteiger partial charge in [0, 0.05) is 42.7 Å². The van der Waals surface area contributed by atoms with Crippen molar-refractivity contribution in [2.45, 2.75) is 19.0 Å². The predicted molar refractivity (Wildman–Crippen MR) is 86.2 cm³/mol. The minimum absolute atomic E-state index is 0.0883. The van der Waals surface area contributed by atoms with E-state index in [0.717, 1.165) is 30.3 Å². The Hall–Kier alpha value is -1.04. The van der Waals surface area contributed by atoms with Gasteiger partial charge < -0.3 is 15.5 Å². The minimum atomic E-state index is 0.0883. The first-order valence-electron chi connectivity index (χ1n) is 6.98. The van der Waals surface area contributed by atoms with Gasteiger partial charge in [-0.15, -0.1) is 0 Å². The molecular formula is C15H23N3OS. The quantitative estimate of drug-likeness (QED) is 0.868. The molecule has 1 fully saturated rings. The number of nitrogens with one attached hydrogen (secondary N) is 2. The van der Waals surface area contributed by atoms with Crippen LogP contribution in [0.5, 0.6) is 0 Å². The zero-order chi connectivity index (χ0) is 14.4. The molecule has 110 valence electrons. The van der Waals surface area contributed by atoms with Crippen LogP contribution in [-0.2, 0) is 11.3 Å². The van der Waals surface area contributed by atoms with E-state index in [9.17, 15) is 4.79 Å². The summed E-state index contributed by atoms with van der Waals surface area (Å²) in [6.07, 6.45) is 0.548. The Balaban J connectivity index is 1.81. The van der Waals surface area contributed by atoms with Crippen LogP contribution in [0.15, 0.2) is 24.3 Å². The van der Waals surface area contributed by atoms with Gasteiger partial charge in [0.2, 0.25) is 5.91 Å². The van der Waals surface area contributed by atoms with Crippen LogP contribution >= 0.6 is 11.8 Å². The summed E-state index contributed by atoms with van der Waals surface area (Å²) in [6.45, 7) is 1.92. The Morgan fingerprint density at radius 1 is 1.40 bits per heavy atom. The summed E-state index contributed by atoms with van der Waals surface area (Å²) in [4.78, 5) is 14.1. The number of hydrogen-bond donors (Lipinski definition) is 2. The van der Waals surface area contributed by atoms with Crippen LogP contribution in [0.2, 0.25) is 0 Å². The van der Waals surface area contributed by atoms with E-state index in [1.807, 2.05) is 38.0 Å². The highest BCUT2D eigenvalue weighted by Crippen LogP contribution is 2.13. The van der Waals surface area contributed by atoms with Crippen LogP contribution in [0.25, 0.3) is 0 Å². The molecular weight excluding hydrogens is 270 g/mol. The number of anilines is 1. The van der Waals surface area contributed by atoms with Gasteiger partial charge in [-0.2, -0.15) is 11.8 Å². The van der Waals surface area contributed by atoms with E-state index in [2.05, 4.69) is 27.7 Å². The van der Waals surface area contributed by atoms with Crippen molar-refractivity contribution < 1.29 is 4.79 Å². The van der Waals surface area contributed by atoms with Gasteiger partial charge in [-0.1, -0.05) is 12.1 Å². The first-order chi connectivity index (χ1) is 9.63. The highest BCUT2D eigenvalue weighted by atomic mass is 32.2. The summed E-state index contributed by atoms with van der Waals surface area (Å²) < 4.78 is 0. The molecule has 2 N–H and O–H groups in total. The van der Waals surface area contributed by atoms with E-state index < -0.39 is 0 Å². The number of amides is 1. The molecule has 1 aromatic rings. The molecule has 1 unspecified atom stereocenters. The van der Waals surface area contributed by atoms with Gasteiger partial charge in [0.25, 0.3) is 0 Å². The molecule has 1 heterocycles. The maximum atomic E-state index is 12.0. The van der Waals surface area contributed by atoms with Crippen LogP contribution in [-0.4, -0.2) is 49.0 Å². The van der Waals surface area contributed by atoms with Crippen LogP contribution < -0.4 is 10.6 Å². The monoisotopic (exact) mass is 293 g/mol. The number of carbonyl (C=O) groups excluding carboxylic acids is 1. The molecule has 1 aliphatic rings. The third-order valence-corrected chi connectivity index (χ3v) is 4.30. The fourth-order valence-electron chi connectivity index (χ4n) is 2.25. The second kappa shape index (κ2) is 7.67. The molecule has 5 heteroatoms. The molecule has 0 aromatic heterocycles. The SMILES string of the molecule is CN(C)Cc1ccc(NC(=O)CC2CSCCN2)cc1. The van der Waals surface area contributed by atoms with Gasteiger partial charge in [-0.25, -0.2) is 0 Å². The smallest absolute Gasteiger partial charge is 0.225 e. The van der Waals surface area contributed by atoms with Crippen molar-refractivity contribution in [1.82, 2.24) is 10.2 Å². The van der Waals surface area contributed by atoms with E-state index in [-0.39, 0.29) is 5.91 Å². The number of thioether (sulfide) groups is 1. The lowest BCUT2D eigenvalue weighted by molar-refractivity contribution is -0.116. The highest BCUT2D eigenvalue weighted by molar-refractivity contribution is 7.99. The number of hydrogen-bond acceptors (Lipinski definition) is 4. The average Bonchev–Trinajstić information content (AvgIpc) is 2.41. The van der Waals surface area contributed by atoms with Crippen LogP contribution in [0, 0.1) is 0 Å². The van der Waals surface area contributed by atoms with E-state index in [4.69, 9.17) is 0 Å². The van der Waals surface area contributed by atoms with Crippen molar-refractivity contribution >= 4 is 23.4 Å². The second-order valence-electron chi connectivity index (χ2n) is 5.41. The Labute approximate surface area is 125 Å². The number of rotatable bonds is 5.